The fourth-order valence-corrected chi connectivity index (χ4v) is 3.86. The lowest BCUT2D eigenvalue weighted by molar-refractivity contribution is 0.466. The smallest absolute Gasteiger partial charge is 0.243 e. The van der Waals surface area contributed by atoms with Gasteiger partial charge in [0, 0.05) is 33.4 Å². The zero-order valence-corrected chi connectivity index (χ0v) is 15.2. The Labute approximate surface area is 139 Å². The molecule has 0 N–H and O–H groups in total. The third kappa shape index (κ3) is 3.92. The van der Waals surface area contributed by atoms with Crippen LogP contribution in [0.15, 0.2) is 47.4 Å². The van der Waals surface area contributed by atoms with E-state index in [-0.39, 0.29) is 0 Å². The first-order chi connectivity index (χ1) is 10.7. The Morgan fingerprint density at radius 2 is 1.52 bits per heavy atom. The predicted octanol–water partition coefficient (Wildman–Crippen LogP) is 3.19. The van der Waals surface area contributed by atoms with Gasteiger partial charge in [-0.05, 0) is 43.2 Å². The Kier molecular flexibility index (Phi) is 5.12. The van der Waals surface area contributed by atoms with E-state index in [0.29, 0.717) is 11.4 Å². The molecule has 124 valence electrons. The van der Waals surface area contributed by atoms with Crippen LogP contribution in [0.3, 0.4) is 0 Å². The molecular formula is C18H24N2O2S. The van der Waals surface area contributed by atoms with Crippen molar-refractivity contribution in [3.8, 4) is 0 Å². The Balaban J connectivity index is 2.23. The number of hydrogen-bond donors (Lipinski definition) is 0. The lowest BCUT2D eigenvalue weighted by atomic mass is 10.2. The van der Waals surface area contributed by atoms with Gasteiger partial charge in [0.1, 0.15) is 0 Å². The average Bonchev–Trinajstić information content (AvgIpc) is 2.47. The molecule has 0 fully saturated rings. The summed E-state index contributed by atoms with van der Waals surface area (Å²) in [6.45, 7) is 4.14. The maximum Gasteiger partial charge on any atom is 0.243 e. The van der Waals surface area contributed by atoms with Gasteiger partial charge in [-0.2, -0.15) is 4.31 Å². The highest BCUT2D eigenvalue weighted by atomic mass is 32.2. The Morgan fingerprint density at radius 3 is 2.04 bits per heavy atom. The summed E-state index contributed by atoms with van der Waals surface area (Å²) >= 11 is 0. The van der Waals surface area contributed by atoms with Crippen LogP contribution in [0.2, 0.25) is 0 Å². The molecule has 0 spiro atoms. The molecule has 4 nitrogen and oxygen atoms in total. The van der Waals surface area contributed by atoms with Crippen LogP contribution in [0.25, 0.3) is 0 Å². The molecule has 5 heteroatoms. The molecule has 0 saturated heterocycles. The Bertz CT molecular complexity index is 781. The van der Waals surface area contributed by atoms with Crippen LogP contribution in [0.5, 0.6) is 0 Å². The fraction of sp³-hybridized carbons (Fsp3) is 0.333. The van der Waals surface area contributed by atoms with Crippen molar-refractivity contribution in [1.29, 1.82) is 0 Å². The second-order valence-corrected chi connectivity index (χ2v) is 8.10. The largest absolute Gasteiger partial charge is 0.378 e. The van der Waals surface area contributed by atoms with E-state index in [1.165, 1.54) is 4.31 Å². The third-order valence-corrected chi connectivity index (χ3v) is 5.84. The van der Waals surface area contributed by atoms with Crippen LogP contribution in [0.1, 0.15) is 16.7 Å². The minimum Gasteiger partial charge on any atom is -0.378 e. The van der Waals surface area contributed by atoms with Gasteiger partial charge in [-0.1, -0.05) is 29.8 Å². The molecule has 0 amide bonds. The highest BCUT2D eigenvalue weighted by molar-refractivity contribution is 7.89. The molecule has 23 heavy (non-hydrogen) atoms. The van der Waals surface area contributed by atoms with Crippen LogP contribution in [-0.2, 0) is 16.6 Å². The molecule has 0 aliphatic rings. The van der Waals surface area contributed by atoms with E-state index in [9.17, 15) is 8.42 Å². The second-order valence-electron chi connectivity index (χ2n) is 6.09. The summed E-state index contributed by atoms with van der Waals surface area (Å²) in [5.74, 6) is 0. The summed E-state index contributed by atoms with van der Waals surface area (Å²) in [4.78, 5) is 2.38. The zero-order valence-electron chi connectivity index (χ0n) is 14.4. The fourth-order valence-electron chi connectivity index (χ4n) is 2.50. The van der Waals surface area contributed by atoms with Crippen molar-refractivity contribution in [2.24, 2.45) is 0 Å². The van der Waals surface area contributed by atoms with E-state index in [1.54, 1.807) is 13.1 Å². The van der Waals surface area contributed by atoms with Gasteiger partial charge < -0.3 is 4.90 Å². The third-order valence-electron chi connectivity index (χ3n) is 3.88. The van der Waals surface area contributed by atoms with Crippen molar-refractivity contribution in [3.63, 3.8) is 0 Å². The molecular weight excluding hydrogens is 308 g/mol. The number of hydrogen-bond acceptors (Lipinski definition) is 3. The minimum atomic E-state index is -3.49. The van der Waals surface area contributed by atoms with Crippen molar-refractivity contribution < 1.29 is 8.42 Å². The van der Waals surface area contributed by atoms with Crippen molar-refractivity contribution >= 4 is 15.7 Å². The van der Waals surface area contributed by atoms with Crippen molar-refractivity contribution in [1.82, 2.24) is 4.31 Å². The maximum atomic E-state index is 12.8. The van der Waals surface area contributed by atoms with Crippen molar-refractivity contribution in [3.05, 3.63) is 59.2 Å². The first-order valence-corrected chi connectivity index (χ1v) is 8.95. The van der Waals surface area contributed by atoms with Gasteiger partial charge >= 0.3 is 0 Å². The molecule has 0 bridgehead atoms. The number of nitrogens with zero attached hydrogens (tertiary/aromatic N) is 2. The van der Waals surface area contributed by atoms with E-state index in [2.05, 4.69) is 0 Å². The summed E-state index contributed by atoms with van der Waals surface area (Å²) in [6, 6.07) is 13.3. The highest BCUT2D eigenvalue weighted by Crippen LogP contribution is 2.22. The molecule has 0 aliphatic heterocycles. The van der Waals surface area contributed by atoms with Gasteiger partial charge in [-0.3, -0.25) is 0 Å². The van der Waals surface area contributed by atoms with Crippen molar-refractivity contribution in [2.45, 2.75) is 25.3 Å². The molecule has 0 saturated carbocycles. The normalized spacial score (nSPS) is 11.7. The first kappa shape index (κ1) is 17.5. The summed E-state index contributed by atoms with van der Waals surface area (Å²) in [6.07, 6.45) is 0. The van der Waals surface area contributed by atoms with E-state index in [1.807, 2.05) is 69.2 Å². The highest BCUT2D eigenvalue weighted by Gasteiger charge is 2.22. The van der Waals surface area contributed by atoms with Gasteiger partial charge in [-0.25, -0.2) is 8.42 Å². The molecule has 0 aromatic heterocycles. The standard InChI is InChI=1S/C18H24N2O2S/c1-14-6-11-18(15(2)12-14)23(21,22)20(5)13-16-7-9-17(10-8-16)19(3)4/h6-12H,13H2,1-5H3. The zero-order chi connectivity index (χ0) is 17.2. The SMILES string of the molecule is Cc1ccc(S(=O)(=O)N(C)Cc2ccc(N(C)C)cc2)c(C)c1. The molecule has 0 unspecified atom stereocenters. The molecule has 2 aromatic rings. The van der Waals surface area contributed by atoms with Gasteiger partial charge in [0.05, 0.1) is 4.90 Å². The summed E-state index contributed by atoms with van der Waals surface area (Å²) in [5.41, 5.74) is 3.89. The first-order valence-electron chi connectivity index (χ1n) is 7.51. The maximum absolute atomic E-state index is 12.8. The predicted molar refractivity (Wildman–Crippen MR) is 95.3 cm³/mol. The Morgan fingerprint density at radius 1 is 0.913 bits per heavy atom. The lowest BCUT2D eigenvalue weighted by Gasteiger charge is -2.19. The van der Waals surface area contributed by atoms with Crippen LogP contribution in [-0.4, -0.2) is 33.9 Å². The Hall–Kier alpha value is -1.85. The molecule has 0 radical (unpaired) electrons. The van der Waals surface area contributed by atoms with Crippen LogP contribution in [0, 0.1) is 13.8 Å². The molecule has 0 atom stereocenters. The monoisotopic (exact) mass is 332 g/mol. The van der Waals surface area contributed by atoms with E-state index < -0.39 is 10.0 Å². The van der Waals surface area contributed by atoms with Crippen LogP contribution >= 0.6 is 0 Å². The van der Waals surface area contributed by atoms with Crippen LogP contribution < -0.4 is 4.90 Å². The minimum absolute atomic E-state index is 0.351. The summed E-state index contributed by atoms with van der Waals surface area (Å²) in [5, 5.41) is 0. The molecule has 2 aromatic carbocycles. The second kappa shape index (κ2) is 6.72. The van der Waals surface area contributed by atoms with E-state index in [0.717, 1.165) is 22.4 Å². The number of sulfonamides is 1. The summed E-state index contributed by atoms with van der Waals surface area (Å²) in [7, 11) is 2.09. The molecule has 2 rings (SSSR count). The summed E-state index contributed by atoms with van der Waals surface area (Å²) < 4.78 is 26.9. The quantitative estimate of drug-likeness (QED) is 0.844. The molecule has 0 aliphatic carbocycles. The number of aryl methyl sites for hydroxylation is 2. The lowest BCUT2D eigenvalue weighted by Crippen LogP contribution is -2.27. The topological polar surface area (TPSA) is 40.6 Å². The number of anilines is 1. The van der Waals surface area contributed by atoms with E-state index in [4.69, 9.17) is 0 Å². The van der Waals surface area contributed by atoms with Gasteiger partial charge in [-0.15, -0.1) is 0 Å². The number of rotatable bonds is 5. The molecule has 0 heterocycles. The van der Waals surface area contributed by atoms with E-state index >= 15 is 0 Å². The number of benzene rings is 2. The average molecular weight is 332 g/mol. The van der Waals surface area contributed by atoms with Gasteiger partial charge in [0.25, 0.3) is 0 Å². The van der Waals surface area contributed by atoms with Crippen molar-refractivity contribution in [2.75, 3.05) is 26.0 Å². The van der Waals surface area contributed by atoms with Gasteiger partial charge in [0.2, 0.25) is 10.0 Å². The van der Waals surface area contributed by atoms with Crippen LogP contribution in [0.4, 0.5) is 5.69 Å². The van der Waals surface area contributed by atoms with Gasteiger partial charge in [0.15, 0.2) is 0 Å².